The quantitative estimate of drug-likeness (QED) is 0.211. The molecule has 0 saturated heterocycles. The van der Waals surface area contributed by atoms with Crippen LogP contribution in [0.5, 0.6) is 11.5 Å². The Bertz CT molecular complexity index is 1890. The molecule has 1 aliphatic rings. The minimum Gasteiger partial charge on any atom is -0.457 e. The van der Waals surface area contributed by atoms with Crippen LogP contribution in [0.25, 0.3) is 27.6 Å². The number of aromatic nitrogens is 2. The number of nitrogens with zero attached hydrogens (tertiary/aromatic N) is 4. The van der Waals surface area contributed by atoms with E-state index in [4.69, 9.17) is 9.72 Å². The smallest absolute Gasteiger partial charge is 0.137 e. The molecule has 0 bridgehead atoms. The van der Waals surface area contributed by atoms with Gasteiger partial charge in [-0.2, -0.15) is 0 Å². The molecule has 6 aromatic rings. The molecule has 0 aliphatic carbocycles. The molecule has 5 heteroatoms. The summed E-state index contributed by atoms with van der Waals surface area (Å²) in [5, 5.41) is 2.39. The second kappa shape index (κ2) is 10.0. The molecule has 0 fully saturated rings. The average molecular weight is 539 g/mol. The van der Waals surface area contributed by atoms with Gasteiger partial charge in [-0.1, -0.05) is 50.2 Å². The van der Waals surface area contributed by atoms with Gasteiger partial charge in [0.2, 0.25) is 0 Å². The van der Waals surface area contributed by atoms with Crippen LogP contribution < -0.4 is 14.5 Å². The van der Waals surface area contributed by atoms with E-state index in [1.54, 1.807) is 0 Å². The molecule has 1 aliphatic heterocycles. The maximum Gasteiger partial charge on any atom is 0.137 e. The standard InChI is InChI=1S/C36H34N4O/c1-24(2)26-18-19-37-36(20-26)40-32-13-6-5-12-30(32)31-17-16-29(22-35(31)40)41-28-11-9-10-27(21-28)39-23-38(25(3)4)33-14-7-8-15-34(33)39/h5-22,24-25H,23H2,1-4H3. The Morgan fingerprint density at radius 3 is 2.27 bits per heavy atom. The van der Waals surface area contributed by atoms with E-state index in [-0.39, 0.29) is 0 Å². The lowest BCUT2D eigenvalue weighted by Gasteiger charge is -2.25. The van der Waals surface area contributed by atoms with Gasteiger partial charge in [-0.05, 0) is 79.9 Å². The molecule has 204 valence electrons. The molecule has 7 rings (SSSR count). The number of fused-ring (bicyclic) bond motifs is 4. The molecule has 3 heterocycles. The summed E-state index contributed by atoms with van der Waals surface area (Å²) in [4.78, 5) is 9.57. The molecule has 4 aromatic carbocycles. The highest BCUT2D eigenvalue weighted by Gasteiger charge is 2.28. The number of anilines is 3. The van der Waals surface area contributed by atoms with Crippen molar-refractivity contribution in [1.29, 1.82) is 0 Å². The van der Waals surface area contributed by atoms with E-state index in [0.717, 1.165) is 40.7 Å². The number of para-hydroxylation sites is 3. The molecule has 41 heavy (non-hydrogen) atoms. The molecule has 2 aromatic heterocycles. The fraction of sp³-hybridized carbons (Fsp3) is 0.194. The first kappa shape index (κ1) is 25.2. The summed E-state index contributed by atoms with van der Waals surface area (Å²) in [6.07, 6.45) is 1.91. The van der Waals surface area contributed by atoms with Crippen LogP contribution >= 0.6 is 0 Å². The monoisotopic (exact) mass is 538 g/mol. The van der Waals surface area contributed by atoms with Crippen LogP contribution in [0.3, 0.4) is 0 Å². The summed E-state index contributed by atoms with van der Waals surface area (Å²) < 4.78 is 8.78. The van der Waals surface area contributed by atoms with Gasteiger partial charge in [0.25, 0.3) is 0 Å². The highest BCUT2D eigenvalue weighted by molar-refractivity contribution is 6.09. The third-order valence-corrected chi connectivity index (χ3v) is 8.07. The van der Waals surface area contributed by atoms with Crippen LogP contribution in [0.15, 0.2) is 109 Å². The van der Waals surface area contributed by atoms with Crippen molar-refractivity contribution in [1.82, 2.24) is 9.55 Å². The van der Waals surface area contributed by atoms with Crippen molar-refractivity contribution in [3.05, 3.63) is 115 Å². The van der Waals surface area contributed by atoms with Crippen molar-refractivity contribution >= 4 is 38.9 Å². The van der Waals surface area contributed by atoms with Crippen LogP contribution in [-0.4, -0.2) is 22.3 Å². The van der Waals surface area contributed by atoms with Crippen LogP contribution in [0, 0.1) is 0 Å². The Morgan fingerprint density at radius 2 is 1.44 bits per heavy atom. The number of hydrogen-bond acceptors (Lipinski definition) is 4. The van der Waals surface area contributed by atoms with E-state index in [1.807, 2.05) is 12.3 Å². The Hall–Kier alpha value is -4.77. The van der Waals surface area contributed by atoms with Crippen molar-refractivity contribution < 1.29 is 4.74 Å². The fourth-order valence-electron chi connectivity index (χ4n) is 5.93. The predicted molar refractivity (Wildman–Crippen MR) is 170 cm³/mol. The largest absolute Gasteiger partial charge is 0.457 e. The van der Waals surface area contributed by atoms with Gasteiger partial charge >= 0.3 is 0 Å². The average Bonchev–Trinajstić information content (AvgIpc) is 3.54. The van der Waals surface area contributed by atoms with Crippen LogP contribution in [0.1, 0.15) is 39.2 Å². The maximum absolute atomic E-state index is 6.52. The zero-order valence-corrected chi connectivity index (χ0v) is 24.0. The highest BCUT2D eigenvalue weighted by Crippen LogP contribution is 2.42. The first-order valence-corrected chi connectivity index (χ1v) is 14.4. The SMILES string of the molecule is CC(C)c1ccnc(-n2c3ccccc3c3ccc(Oc4cccc(N5CN(C(C)C)c6ccccc65)c4)cc32)c1. The topological polar surface area (TPSA) is 33.5 Å². The summed E-state index contributed by atoms with van der Waals surface area (Å²) in [6.45, 7) is 9.72. The van der Waals surface area contributed by atoms with Gasteiger partial charge in [-0.3, -0.25) is 4.57 Å². The number of rotatable bonds is 6. The summed E-state index contributed by atoms with van der Waals surface area (Å²) >= 11 is 0. The van der Waals surface area contributed by atoms with E-state index in [0.29, 0.717) is 12.0 Å². The Kier molecular flexibility index (Phi) is 6.15. The second-order valence-electron chi connectivity index (χ2n) is 11.4. The molecule has 0 spiro atoms. The lowest BCUT2D eigenvalue weighted by Crippen LogP contribution is -2.33. The van der Waals surface area contributed by atoms with Crippen LogP contribution in [-0.2, 0) is 0 Å². The van der Waals surface area contributed by atoms with Gasteiger partial charge in [0, 0.05) is 40.8 Å². The number of benzene rings is 4. The minimum absolute atomic E-state index is 0.412. The van der Waals surface area contributed by atoms with E-state index in [2.05, 4.69) is 139 Å². The summed E-state index contributed by atoms with van der Waals surface area (Å²) in [5.74, 6) is 2.95. The number of pyridine rings is 1. The van der Waals surface area contributed by atoms with E-state index in [1.165, 1.54) is 27.7 Å². The van der Waals surface area contributed by atoms with Gasteiger partial charge in [0.15, 0.2) is 0 Å². The lowest BCUT2D eigenvalue weighted by atomic mass is 10.1. The zero-order valence-electron chi connectivity index (χ0n) is 24.0. The van der Waals surface area contributed by atoms with Gasteiger partial charge in [0.05, 0.1) is 29.1 Å². The second-order valence-corrected chi connectivity index (χ2v) is 11.4. The molecule has 0 atom stereocenters. The third-order valence-electron chi connectivity index (χ3n) is 8.07. The van der Waals surface area contributed by atoms with Crippen LogP contribution in [0.2, 0.25) is 0 Å². The summed E-state index contributed by atoms with van der Waals surface area (Å²) in [7, 11) is 0. The van der Waals surface area contributed by atoms with Gasteiger partial charge in [-0.25, -0.2) is 4.98 Å². The maximum atomic E-state index is 6.52. The van der Waals surface area contributed by atoms with E-state index in [9.17, 15) is 0 Å². The van der Waals surface area contributed by atoms with Crippen molar-refractivity contribution in [2.75, 3.05) is 16.5 Å². The number of hydrogen-bond donors (Lipinski definition) is 0. The normalized spacial score (nSPS) is 13.1. The van der Waals surface area contributed by atoms with Gasteiger partial charge in [0.1, 0.15) is 17.3 Å². The zero-order chi connectivity index (χ0) is 28.1. The third kappa shape index (κ3) is 4.38. The van der Waals surface area contributed by atoms with E-state index >= 15 is 0 Å². The summed E-state index contributed by atoms with van der Waals surface area (Å²) in [5.41, 5.74) is 7.09. The predicted octanol–water partition coefficient (Wildman–Crippen LogP) is 9.42. The molecular weight excluding hydrogens is 504 g/mol. The fourth-order valence-corrected chi connectivity index (χ4v) is 5.93. The van der Waals surface area contributed by atoms with E-state index < -0.39 is 0 Å². The molecule has 0 N–H and O–H groups in total. The highest BCUT2D eigenvalue weighted by atomic mass is 16.5. The minimum atomic E-state index is 0.412. The first-order valence-electron chi connectivity index (χ1n) is 14.4. The molecule has 0 radical (unpaired) electrons. The molecular formula is C36H34N4O. The Labute approximate surface area is 241 Å². The molecule has 0 amide bonds. The number of ether oxygens (including phenoxy) is 1. The Morgan fingerprint density at radius 1 is 0.683 bits per heavy atom. The molecule has 0 saturated carbocycles. The molecule has 0 unspecified atom stereocenters. The lowest BCUT2D eigenvalue weighted by molar-refractivity contribution is 0.483. The van der Waals surface area contributed by atoms with Crippen molar-refractivity contribution in [3.63, 3.8) is 0 Å². The van der Waals surface area contributed by atoms with Gasteiger partial charge in [-0.15, -0.1) is 0 Å². The van der Waals surface area contributed by atoms with Crippen molar-refractivity contribution in [2.45, 2.75) is 39.7 Å². The van der Waals surface area contributed by atoms with Crippen molar-refractivity contribution in [2.24, 2.45) is 0 Å². The first-order chi connectivity index (χ1) is 20.0. The molecule has 5 nitrogen and oxygen atoms in total. The van der Waals surface area contributed by atoms with Crippen LogP contribution in [0.4, 0.5) is 17.1 Å². The Balaban J connectivity index is 1.28. The van der Waals surface area contributed by atoms with Gasteiger partial charge < -0.3 is 14.5 Å². The summed E-state index contributed by atoms with van der Waals surface area (Å²) in [6, 6.07) is 36.6. The van der Waals surface area contributed by atoms with Crippen molar-refractivity contribution in [3.8, 4) is 17.3 Å².